The lowest BCUT2D eigenvalue weighted by Gasteiger charge is -2.44. The van der Waals surface area contributed by atoms with Crippen molar-refractivity contribution in [3.05, 3.63) is 35.4 Å². The van der Waals surface area contributed by atoms with Gasteiger partial charge in [0.1, 0.15) is 0 Å². The summed E-state index contributed by atoms with van der Waals surface area (Å²) in [5, 5.41) is 9.61. The van der Waals surface area contributed by atoms with E-state index in [1.165, 1.54) is 0 Å². The van der Waals surface area contributed by atoms with E-state index < -0.39 is 5.60 Å². The molecule has 1 aliphatic rings. The first-order valence-electron chi connectivity index (χ1n) is 5.82. The third-order valence-electron chi connectivity index (χ3n) is 2.96. The molecule has 2 rings (SSSR count). The Morgan fingerprint density at radius 2 is 2.24 bits per heavy atom. The lowest BCUT2D eigenvalue weighted by Crippen LogP contribution is -2.61. The monoisotopic (exact) mass is 234 g/mol. The van der Waals surface area contributed by atoms with E-state index in [1.807, 2.05) is 18.2 Å². The molecule has 1 aliphatic heterocycles. The molecule has 92 valence electrons. The molecule has 0 unspecified atom stereocenters. The fraction of sp³-hybridized carbons (Fsp3) is 0.462. The number of carbonyl (C=O) groups excluding carboxylic acids is 1. The first-order valence-corrected chi connectivity index (χ1v) is 5.82. The van der Waals surface area contributed by atoms with E-state index in [1.54, 1.807) is 17.9 Å². The molecule has 3 N–H and O–H groups in total. The maximum atomic E-state index is 12.1. The summed E-state index contributed by atoms with van der Waals surface area (Å²) in [6, 6.07) is 7.52. The van der Waals surface area contributed by atoms with Crippen molar-refractivity contribution in [1.82, 2.24) is 4.90 Å². The molecule has 0 aliphatic carbocycles. The Balaban J connectivity index is 2.07. The molecular weight excluding hydrogens is 216 g/mol. The molecule has 1 amide bonds. The number of benzene rings is 1. The molecular formula is C13H18N2O2. The lowest BCUT2D eigenvalue weighted by molar-refractivity contribution is -0.0668. The van der Waals surface area contributed by atoms with E-state index >= 15 is 0 Å². The lowest BCUT2D eigenvalue weighted by atomic mass is 9.95. The number of hydrogen-bond acceptors (Lipinski definition) is 3. The van der Waals surface area contributed by atoms with Crippen molar-refractivity contribution in [3.8, 4) is 0 Å². The quantitative estimate of drug-likeness (QED) is 0.795. The fourth-order valence-electron chi connectivity index (χ4n) is 2.13. The zero-order chi connectivity index (χ0) is 12.5. The summed E-state index contributed by atoms with van der Waals surface area (Å²) in [6.45, 7) is 3.14. The number of hydrogen-bond donors (Lipinski definition) is 2. The predicted molar refractivity (Wildman–Crippen MR) is 65.7 cm³/mol. The van der Waals surface area contributed by atoms with Gasteiger partial charge in [-0.25, -0.2) is 0 Å². The largest absolute Gasteiger partial charge is 0.386 e. The van der Waals surface area contributed by atoms with E-state index in [2.05, 4.69) is 0 Å². The Hall–Kier alpha value is -1.39. The highest BCUT2D eigenvalue weighted by molar-refractivity contribution is 5.95. The van der Waals surface area contributed by atoms with E-state index in [-0.39, 0.29) is 5.91 Å². The normalized spacial score (nSPS) is 17.7. The topological polar surface area (TPSA) is 66.6 Å². The Morgan fingerprint density at radius 1 is 1.53 bits per heavy atom. The SMILES string of the molecule is CC1(O)CN(C(=O)c2cccc(CCN)c2)C1. The van der Waals surface area contributed by atoms with Gasteiger partial charge in [-0.15, -0.1) is 0 Å². The number of carbonyl (C=O) groups is 1. The first-order chi connectivity index (χ1) is 8.02. The van der Waals surface area contributed by atoms with Gasteiger partial charge < -0.3 is 15.7 Å². The highest BCUT2D eigenvalue weighted by atomic mass is 16.3. The number of likely N-dealkylation sites (tertiary alicyclic amines) is 1. The van der Waals surface area contributed by atoms with Gasteiger partial charge in [-0.05, 0) is 37.6 Å². The molecule has 0 radical (unpaired) electrons. The molecule has 17 heavy (non-hydrogen) atoms. The van der Waals surface area contributed by atoms with Crippen LogP contribution in [0.15, 0.2) is 24.3 Å². The number of nitrogens with zero attached hydrogens (tertiary/aromatic N) is 1. The smallest absolute Gasteiger partial charge is 0.254 e. The van der Waals surface area contributed by atoms with E-state index in [0.717, 1.165) is 12.0 Å². The maximum absolute atomic E-state index is 12.1. The minimum Gasteiger partial charge on any atom is -0.386 e. The van der Waals surface area contributed by atoms with Gasteiger partial charge in [-0.3, -0.25) is 4.79 Å². The molecule has 4 nitrogen and oxygen atoms in total. The Labute approximate surface area is 101 Å². The third kappa shape index (κ3) is 2.65. The fourth-order valence-corrected chi connectivity index (χ4v) is 2.13. The molecule has 0 aromatic heterocycles. The van der Waals surface area contributed by atoms with Gasteiger partial charge in [0.2, 0.25) is 0 Å². The van der Waals surface area contributed by atoms with Crippen LogP contribution in [0.4, 0.5) is 0 Å². The molecule has 0 spiro atoms. The Bertz CT molecular complexity index is 421. The van der Waals surface area contributed by atoms with Crippen molar-refractivity contribution in [3.63, 3.8) is 0 Å². The summed E-state index contributed by atoms with van der Waals surface area (Å²) < 4.78 is 0. The number of rotatable bonds is 3. The van der Waals surface area contributed by atoms with E-state index in [0.29, 0.717) is 25.2 Å². The molecule has 1 aromatic rings. The van der Waals surface area contributed by atoms with Crippen molar-refractivity contribution >= 4 is 5.91 Å². The standard InChI is InChI=1S/C13H18N2O2/c1-13(17)8-15(9-13)12(16)11-4-2-3-10(7-11)5-6-14/h2-4,7,17H,5-6,8-9,14H2,1H3. The molecule has 1 aromatic carbocycles. The van der Waals surface area contributed by atoms with Crippen molar-refractivity contribution in [2.75, 3.05) is 19.6 Å². The Kier molecular flexibility index (Phi) is 3.17. The van der Waals surface area contributed by atoms with Crippen LogP contribution in [0.25, 0.3) is 0 Å². The Morgan fingerprint density at radius 3 is 2.82 bits per heavy atom. The van der Waals surface area contributed by atoms with Crippen LogP contribution in [0, 0.1) is 0 Å². The van der Waals surface area contributed by atoms with Crippen LogP contribution in [-0.2, 0) is 6.42 Å². The van der Waals surface area contributed by atoms with Crippen LogP contribution >= 0.6 is 0 Å². The number of aliphatic hydroxyl groups is 1. The maximum Gasteiger partial charge on any atom is 0.254 e. The average Bonchev–Trinajstić information content (AvgIpc) is 2.26. The number of β-amino-alcohol motifs (C(OH)–C–C–N with tert-alkyl or cyclic N) is 1. The molecule has 0 bridgehead atoms. The molecule has 1 heterocycles. The summed E-state index contributed by atoms with van der Waals surface area (Å²) >= 11 is 0. The van der Waals surface area contributed by atoms with Gasteiger partial charge in [0.05, 0.1) is 18.7 Å². The molecule has 4 heteroatoms. The second-order valence-corrected chi connectivity index (χ2v) is 4.90. The highest BCUT2D eigenvalue weighted by Crippen LogP contribution is 2.22. The minimum atomic E-state index is -0.718. The average molecular weight is 234 g/mol. The van der Waals surface area contributed by atoms with Gasteiger partial charge >= 0.3 is 0 Å². The summed E-state index contributed by atoms with van der Waals surface area (Å²) in [5.74, 6) is -0.0182. The van der Waals surface area contributed by atoms with Crippen LogP contribution in [0.5, 0.6) is 0 Å². The predicted octanol–water partition coefficient (Wildman–Crippen LogP) is 0.395. The van der Waals surface area contributed by atoms with Crippen molar-refractivity contribution in [2.45, 2.75) is 18.9 Å². The van der Waals surface area contributed by atoms with Crippen LogP contribution in [0.3, 0.4) is 0 Å². The van der Waals surface area contributed by atoms with Crippen LogP contribution < -0.4 is 5.73 Å². The van der Waals surface area contributed by atoms with Crippen molar-refractivity contribution in [1.29, 1.82) is 0 Å². The second kappa shape index (κ2) is 4.47. The highest BCUT2D eigenvalue weighted by Gasteiger charge is 2.39. The van der Waals surface area contributed by atoms with Gasteiger partial charge in [0.25, 0.3) is 5.91 Å². The van der Waals surface area contributed by atoms with E-state index in [4.69, 9.17) is 5.73 Å². The molecule has 0 saturated carbocycles. The third-order valence-corrected chi connectivity index (χ3v) is 2.96. The van der Waals surface area contributed by atoms with E-state index in [9.17, 15) is 9.90 Å². The zero-order valence-electron chi connectivity index (χ0n) is 10.0. The van der Waals surface area contributed by atoms with Crippen molar-refractivity contribution < 1.29 is 9.90 Å². The first kappa shape index (κ1) is 12.1. The summed E-state index contributed by atoms with van der Waals surface area (Å²) in [4.78, 5) is 13.7. The van der Waals surface area contributed by atoms with Gasteiger partial charge in [-0.2, -0.15) is 0 Å². The zero-order valence-corrected chi connectivity index (χ0v) is 10.0. The summed E-state index contributed by atoms with van der Waals surface area (Å²) in [6.07, 6.45) is 0.777. The van der Waals surface area contributed by atoms with Gasteiger partial charge in [0, 0.05) is 5.56 Å². The minimum absolute atomic E-state index is 0.0182. The second-order valence-electron chi connectivity index (χ2n) is 4.90. The number of amides is 1. The van der Waals surface area contributed by atoms with Crippen molar-refractivity contribution in [2.24, 2.45) is 5.73 Å². The summed E-state index contributed by atoms with van der Waals surface area (Å²) in [5.41, 5.74) is 6.52. The van der Waals surface area contributed by atoms with Crippen LogP contribution in [0.1, 0.15) is 22.8 Å². The molecule has 1 saturated heterocycles. The number of nitrogens with two attached hydrogens (primary N) is 1. The summed E-state index contributed by atoms with van der Waals surface area (Å²) in [7, 11) is 0. The molecule has 1 fully saturated rings. The van der Waals surface area contributed by atoms with Crippen LogP contribution in [-0.4, -0.2) is 41.1 Å². The van der Waals surface area contributed by atoms with Gasteiger partial charge in [-0.1, -0.05) is 12.1 Å². The molecule has 0 atom stereocenters. The van der Waals surface area contributed by atoms with Crippen LogP contribution in [0.2, 0.25) is 0 Å². The van der Waals surface area contributed by atoms with Gasteiger partial charge in [0.15, 0.2) is 0 Å².